The van der Waals surface area contributed by atoms with Crippen molar-refractivity contribution in [1.82, 2.24) is 0 Å². The van der Waals surface area contributed by atoms with E-state index in [1.165, 1.54) is 24.3 Å². The summed E-state index contributed by atoms with van der Waals surface area (Å²) < 4.78 is 0. The van der Waals surface area contributed by atoms with Crippen molar-refractivity contribution in [3.63, 3.8) is 0 Å². The van der Waals surface area contributed by atoms with Crippen molar-refractivity contribution in [3.8, 4) is 5.75 Å². The molecule has 0 fully saturated rings. The number of hydrogen-bond donors (Lipinski definition) is 1. The molecule has 0 bridgehead atoms. The maximum absolute atomic E-state index is 10.6. The highest BCUT2D eigenvalue weighted by molar-refractivity contribution is 5.87. The van der Waals surface area contributed by atoms with Gasteiger partial charge in [-0.25, -0.2) is 14.5 Å². The van der Waals surface area contributed by atoms with E-state index >= 15 is 0 Å². The maximum atomic E-state index is 10.6. The Kier molecular flexibility index (Phi) is 3.45. The van der Waals surface area contributed by atoms with Gasteiger partial charge in [0.1, 0.15) is 0 Å². The first kappa shape index (κ1) is 10.8. The smallest absolute Gasteiger partial charge is 0.378 e. The van der Waals surface area contributed by atoms with Crippen molar-refractivity contribution >= 4 is 11.9 Å². The molecule has 0 saturated heterocycles. The van der Waals surface area contributed by atoms with Gasteiger partial charge in [0.15, 0.2) is 5.75 Å². The van der Waals surface area contributed by atoms with E-state index in [4.69, 9.17) is 5.11 Å². The van der Waals surface area contributed by atoms with E-state index in [1.807, 2.05) is 0 Å². The lowest BCUT2D eigenvalue weighted by atomic mass is 10.2. The Morgan fingerprint density at radius 3 is 2.33 bits per heavy atom. The summed E-state index contributed by atoms with van der Waals surface area (Å²) in [5.74, 6) is -1.53. The molecule has 1 N–H and O–H groups in total. The van der Waals surface area contributed by atoms with Crippen LogP contribution in [0.15, 0.2) is 36.9 Å². The van der Waals surface area contributed by atoms with Crippen molar-refractivity contribution in [2.24, 2.45) is 0 Å². The van der Waals surface area contributed by atoms with Crippen LogP contribution in [0.1, 0.15) is 10.4 Å². The van der Waals surface area contributed by atoms with Crippen molar-refractivity contribution in [1.29, 1.82) is 0 Å². The Labute approximate surface area is 85.5 Å². The summed E-state index contributed by atoms with van der Waals surface area (Å²) in [4.78, 5) is 29.9. The van der Waals surface area contributed by atoms with Gasteiger partial charge in [0, 0.05) is 6.08 Å². The SMILES string of the molecule is C=CC(=O)OOc1ccc(C(=O)O)cc1. The van der Waals surface area contributed by atoms with Gasteiger partial charge in [0.2, 0.25) is 0 Å². The lowest BCUT2D eigenvalue weighted by Crippen LogP contribution is -2.04. The minimum Gasteiger partial charge on any atom is -0.478 e. The van der Waals surface area contributed by atoms with Crippen molar-refractivity contribution in [2.75, 3.05) is 0 Å². The van der Waals surface area contributed by atoms with Gasteiger partial charge in [-0.05, 0) is 24.3 Å². The number of carboxylic acid groups (broad SMARTS) is 1. The van der Waals surface area contributed by atoms with Crippen LogP contribution in [0.3, 0.4) is 0 Å². The molecule has 0 aliphatic carbocycles. The molecule has 5 heteroatoms. The highest BCUT2D eigenvalue weighted by Gasteiger charge is 2.03. The van der Waals surface area contributed by atoms with Crippen LogP contribution >= 0.6 is 0 Å². The molecule has 1 rings (SSSR count). The third-order valence-corrected chi connectivity index (χ3v) is 1.49. The molecular formula is C10H8O5. The Hall–Kier alpha value is -2.30. The molecule has 0 saturated carbocycles. The van der Waals surface area contributed by atoms with Crippen LogP contribution in [0.4, 0.5) is 0 Å². The number of carboxylic acids is 1. The highest BCUT2D eigenvalue weighted by Crippen LogP contribution is 2.12. The van der Waals surface area contributed by atoms with E-state index in [0.29, 0.717) is 0 Å². The predicted molar refractivity (Wildman–Crippen MR) is 50.3 cm³/mol. The zero-order chi connectivity index (χ0) is 11.3. The Balaban J connectivity index is 2.60. The predicted octanol–water partition coefficient (Wildman–Crippen LogP) is 1.41. The summed E-state index contributed by atoms with van der Waals surface area (Å²) in [6, 6.07) is 5.42. The molecule has 0 atom stereocenters. The summed E-state index contributed by atoms with van der Waals surface area (Å²) >= 11 is 0. The first-order valence-corrected chi connectivity index (χ1v) is 3.98. The fourth-order valence-corrected chi connectivity index (χ4v) is 0.776. The van der Waals surface area contributed by atoms with Crippen LogP contribution in [-0.2, 0) is 9.68 Å². The van der Waals surface area contributed by atoms with Crippen molar-refractivity contribution < 1.29 is 24.5 Å². The van der Waals surface area contributed by atoms with Gasteiger partial charge >= 0.3 is 11.9 Å². The van der Waals surface area contributed by atoms with Gasteiger partial charge in [-0.2, -0.15) is 0 Å². The summed E-state index contributed by atoms with van der Waals surface area (Å²) in [5, 5.41) is 8.59. The molecule has 5 nitrogen and oxygen atoms in total. The molecule has 0 amide bonds. The summed E-state index contributed by atoms with van der Waals surface area (Å²) in [6.07, 6.45) is 0.950. The zero-order valence-electron chi connectivity index (χ0n) is 7.67. The summed E-state index contributed by atoms with van der Waals surface area (Å²) in [7, 11) is 0. The van der Waals surface area contributed by atoms with Crippen LogP contribution < -0.4 is 4.89 Å². The van der Waals surface area contributed by atoms with E-state index in [2.05, 4.69) is 16.4 Å². The van der Waals surface area contributed by atoms with Crippen LogP contribution in [-0.4, -0.2) is 17.0 Å². The minimum absolute atomic E-state index is 0.123. The fourth-order valence-electron chi connectivity index (χ4n) is 0.776. The number of carbonyl (C=O) groups excluding carboxylic acids is 1. The van der Waals surface area contributed by atoms with E-state index in [-0.39, 0.29) is 11.3 Å². The van der Waals surface area contributed by atoms with Crippen LogP contribution in [0.2, 0.25) is 0 Å². The number of carbonyl (C=O) groups is 2. The Bertz CT molecular complexity index is 379. The average molecular weight is 208 g/mol. The molecule has 1 aromatic rings. The number of benzene rings is 1. The third-order valence-electron chi connectivity index (χ3n) is 1.49. The Morgan fingerprint density at radius 1 is 1.27 bits per heavy atom. The first-order valence-electron chi connectivity index (χ1n) is 3.98. The van der Waals surface area contributed by atoms with Gasteiger partial charge in [0.05, 0.1) is 5.56 Å². The minimum atomic E-state index is -1.04. The van der Waals surface area contributed by atoms with Gasteiger partial charge in [-0.1, -0.05) is 6.58 Å². The van der Waals surface area contributed by atoms with E-state index in [0.717, 1.165) is 6.08 Å². The molecule has 0 spiro atoms. The Morgan fingerprint density at radius 2 is 1.87 bits per heavy atom. The molecule has 0 radical (unpaired) electrons. The van der Waals surface area contributed by atoms with Crippen molar-refractivity contribution in [2.45, 2.75) is 0 Å². The van der Waals surface area contributed by atoms with Gasteiger partial charge in [-0.3, -0.25) is 4.89 Å². The van der Waals surface area contributed by atoms with Crippen molar-refractivity contribution in [3.05, 3.63) is 42.5 Å². The van der Waals surface area contributed by atoms with Gasteiger partial charge < -0.3 is 5.11 Å². The topological polar surface area (TPSA) is 72.8 Å². The molecule has 0 aliphatic heterocycles. The second-order valence-corrected chi connectivity index (χ2v) is 2.52. The second kappa shape index (κ2) is 4.80. The quantitative estimate of drug-likeness (QED) is 0.460. The molecule has 1 aromatic carbocycles. The van der Waals surface area contributed by atoms with E-state index < -0.39 is 11.9 Å². The number of hydrogen-bond acceptors (Lipinski definition) is 4. The summed E-state index contributed by atoms with van der Waals surface area (Å²) in [5.41, 5.74) is 0.123. The van der Waals surface area contributed by atoms with Crippen LogP contribution in [0, 0.1) is 0 Å². The maximum Gasteiger partial charge on any atom is 0.378 e. The van der Waals surface area contributed by atoms with Crippen LogP contribution in [0.25, 0.3) is 0 Å². The summed E-state index contributed by atoms with van der Waals surface area (Å²) in [6.45, 7) is 3.18. The molecule has 0 aromatic heterocycles. The monoisotopic (exact) mass is 208 g/mol. The van der Waals surface area contributed by atoms with Gasteiger partial charge in [-0.15, -0.1) is 0 Å². The highest BCUT2D eigenvalue weighted by atomic mass is 17.2. The fraction of sp³-hybridized carbons (Fsp3) is 0. The molecular weight excluding hydrogens is 200 g/mol. The molecule has 0 heterocycles. The second-order valence-electron chi connectivity index (χ2n) is 2.52. The average Bonchev–Trinajstić information content (AvgIpc) is 2.26. The molecule has 0 aliphatic rings. The standard InChI is InChI=1S/C10H8O5/c1-2-9(11)15-14-8-5-3-7(4-6-8)10(12)13/h2-6H,1H2,(H,12,13). The van der Waals surface area contributed by atoms with Gasteiger partial charge in [0.25, 0.3) is 0 Å². The molecule has 0 unspecified atom stereocenters. The normalized spacial score (nSPS) is 9.07. The molecule has 78 valence electrons. The van der Waals surface area contributed by atoms with E-state index in [9.17, 15) is 9.59 Å². The first-order chi connectivity index (χ1) is 7.13. The molecule has 15 heavy (non-hydrogen) atoms. The van der Waals surface area contributed by atoms with Crippen LogP contribution in [0.5, 0.6) is 5.75 Å². The zero-order valence-corrected chi connectivity index (χ0v) is 7.67. The largest absolute Gasteiger partial charge is 0.478 e. The third kappa shape index (κ3) is 3.15. The lowest BCUT2D eigenvalue weighted by molar-refractivity contribution is -0.207. The lowest BCUT2D eigenvalue weighted by Gasteiger charge is -2.01. The van der Waals surface area contributed by atoms with E-state index in [1.54, 1.807) is 0 Å². The number of rotatable bonds is 4. The number of aromatic carboxylic acids is 1.